The number of rotatable bonds is 6. The molecule has 0 bridgehead atoms. The van der Waals surface area contributed by atoms with Gasteiger partial charge in [-0.2, -0.15) is 0 Å². The minimum atomic E-state index is -0.208. The number of nitrogens with zero attached hydrogens (tertiary/aromatic N) is 1. The molecule has 1 aromatic rings. The van der Waals surface area contributed by atoms with E-state index in [1.165, 1.54) is 12.1 Å². The van der Waals surface area contributed by atoms with E-state index in [0.29, 0.717) is 6.54 Å². The summed E-state index contributed by atoms with van der Waals surface area (Å²) >= 11 is 5.37. The van der Waals surface area contributed by atoms with Crippen molar-refractivity contribution in [1.29, 1.82) is 0 Å². The molecule has 0 saturated heterocycles. The van der Waals surface area contributed by atoms with E-state index in [-0.39, 0.29) is 5.82 Å². The van der Waals surface area contributed by atoms with Gasteiger partial charge in [-0.3, -0.25) is 0 Å². The molecule has 0 fully saturated rings. The summed E-state index contributed by atoms with van der Waals surface area (Å²) in [6.07, 6.45) is 2.16. The third-order valence-electron chi connectivity index (χ3n) is 2.63. The zero-order valence-electron chi connectivity index (χ0n) is 11.1. The van der Waals surface area contributed by atoms with Gasteiger partial charge in [0, 0.05) is 19.6 Å². The number of hydrogen-bond donors (Lipinski definition) is 1. The van der Waals surface area contributed by atoms with E-state index in [1.807, 2.05) is 0 Å². The van der Waals surface area contributed by atoms with Crippen LogP contribution in [-0.4, -0.2) is 23.1 Å². The Kier molecular flexibility index (Phi) is 6.65. The molecule has 0 aliphatic carbocycles. The Morgan fingerprint density at radius 2 is 1.72 bits per heavy atom. The Balaban J connectivity index is 2.45. The maximum Gasteiger partial charge on any atom is 0.169 e. The van der Waals surface area contributed by atoms with Gasteiger partial charge in [-0.05, 0) is 42.8 Å². The lowest BCUT2D eigenvalue weighted by Crippen LogP contribution is -2.40. The first-order valence-corrected chi connectivity index (χ1v) is 6.85. The maximum absolute atomic E-state index is 12.8. The van der Waals surface area contributed by atoms with Crippen LogP contribution in [-0.2, 0) is 6.54 Å². The second-order valence-electron chi connectivity index (χ2n) is 4.27. The van der Waals surface area contributed by atoms with Gasteiger partial charge in [0.2, 0.25) is 0 Å². The molecule has 4 heteroatoms. The van der Waals surface area contributed by atoms with Crippen LogP contribution in [0.5, 0.6) is 0 Å². The summed E-state index contributed by atoms with van der Waals surface area (Å²) in [5, 5.41) is 4.00. The third-order valence-corrected chi connectivity index (χ3v) is 3.03. The summed E-state index contributed by atoms with van der Waals surface area (Å²) in [4.78, 5) is 2.18. The van der Waals surface area contributed by atoms with Crippen molar-refractivity contribution in [1.82, 2.24) is 10.2 Å². The van der Waals surface area contributed by atoms with Crippen molar-refractivity contribution in [3.8, 4) is 0 Å². The van der Waals surface area contributed by atoms with Crippen LogP contribution in [0.15, 0.2) is 24.3 Å². The fourth-order valence-electron chi connectivity index (χ4n) is 1.75. The van der Waals surface area contributed by atoms with Crippen LogP contribution in [0.1, 0.15) is 32.3 Å². The molecule has 0 heterocycles. The minimum Gasteiger partial charge on any atom is -0.358 e. The average Bonchev–Trinajstić information content (AvgIpc) is 2.37. The van der Waals surface area contributed by atoms with Crippen LogP contribution in [0.4, 0.5) is 4.39 Å². The molecule has 100 valence electrons. The smallest absolute Gasteiger partial charge is 0.169 e. The summed E-state index contributed by atoms with van der Waals surface area (Å²) in [6.45, 7) is 6.88. The molecule has 1 N–H and O–H groups in total. The minimum absolute atomic E-state index is 0.208. The van der Waals surface area contributed by atoms with Gasteiger partial charge < -0.3 is 10.2 Å². The van der Waals surface area contributed by atoms with E-state index in [0.717, 1.165) is 36.6 Å². The molecule has 18 heavy (non-hydrogen) atoms. The van der Waals surface area contributed by atoms with E-state index in [2.05, 4.69) is 24.1 Å². The van der Waals surface area contributed by atoms with Crippen molar-refractivity contribution >= 4 is 17.3 Å². The van der Waals surface area contributed by atoms with Gasteiger partial charge in [-0.15, -0.1) is 0 Å². The Labute approximate surface area is 114 Å². The molecule has 1 aromatic carbocycles. The third kappa shape index (κ3) is 5.00. The van der Waals surface area contributed by atoms with Crippen molar-refractivity contribution in [3.05, 3.63) is 35.6 Å². The summed E-state index contributed by atoms with van der Waals surface area (Å²) in [7, 11) is 0. The molecule has 0 spiro atoms. The molecule has 0 aliphatic rings. The first-order chi connectivity index (χ1) is 8.67. The molecule has 0 saturated carbocycles. The lowest BCUT2D eigenvalue weighted by Gasteiger charge is -2.24. The Morgan fingerprint density at radius 1 is 1.17 bits per heavy atom. The van der Waals surface area contributed by atoms with Crippen LogP contribution in [0.25, 0.3) is 0 Å². The van der Waals surface area contributed by atoms with E-state index < -0.39 is 0 Å². The molecule has 0 amide bonds. The van der Waals surface area contributed by atoms with Crippen molar-refractivity contribution in [2.45, 2.75) is 33.2 Å². The highest BCUT2D eigenvalue weighted by Gasteiger charge is 2.06. The Bertz CT molecular complexity index is 359. The fourth-order valence-corrected chi connectivity index (χ4v) is 2.00. The highest BCUT2D eigenvalue weighted by Crippen LogP contribution is 2.03. The quantitative estimate of drug-likeness (QED) is 0.797. The summed E-state index contributed by atoms with van der Waals surface area (Å²) in [6, 6.07) is 6.48. The monoisotopic (exact) mass is 268 g/mol. The SMILES string of the molecule is CCCN(CCC)C(=S)NCc1ccc(F)cc1. The van der Waals surface area contributed by atoms with Crippen LogP contribution in [0.2, 0.25) is 0 Å². The normalized spacial score (nSPS) is 10.2. The van der Waals surface area contributed by atoms with Gasteiger partial charge in [-0.25, -0.2) is 4.39 Å². The topological polar surface area (TPSA) is 15.3 Å². The molecular formula is C14H21FN2S. The molecule has 0 aromatic heterocycles. The van der Waals surface area contributed by atoms with Crippen molar-refractivity contribution in [2.24, 2.45) is 0 Å². The molecule has 2 nitrogen and oxygen atoms in total. The summed E-state index contributed by atoms with van der Waals surface area (Å²) < 4.78 is 12.8. The number of hydrogen-bond acceptors (Lipinski definition) is 1. The number of nitrogens with one attached hydrogen (secondary N) is 1. The number of thiocarbonyl (C=S) groups is 1. The van der Waals surface area contributed by atoms with Gasteiger partial charge >= 0.3 is 0 Å². The standard InChI is InChI=1S/C14H21FN2S/c1-3-9-17(10-4-2)14(18)16-11-12-5-7-13(15)8-6-12/h5-8H,3-4,9-11H2,1-2H3,(H,16,18). The van der Waals surface area contributed by atoms with Crippen molar-refractivity contribution < 1.29 is 4.39 Å². The molecule has 0 radical (unpaired) electrons. The predicted molar refractivity (Wildman–Crippen MR) is 78.0 cm³/mol. The lowest BCUT2D eigenvalue weighted by molar-refractivity contribution is 0.409. The number of halogens is 1. The molecule has 0 atom stereocenters. The van der Waals surface area contributed by atoms with Gasteiger partial charge in [-0.1, -0.05) is 26.0 Å². The summed E-state index contributed by atoms with van der Waals surface area (Å²) in [5.41, 5.74) is 1.03. The summed E-state index contributed by atoms with van der Waals surface area (Å²) in [5.74, 6) is -0.208. The van der Waals surface area contributed by atoms with Crippen LogP contribution in [0.3, 0.4) is 0 Å². The van der Waals surface area contributed by atoms with Crippen LogP contribution >= 0.6 is 12.2 Å². The molecular weight excluding hydrogens is 247 g/mol. The van der Waals surface area contributed by atoms with E-state index >= 15 is 0 Å². The Hall–Kier alpha value is -1.16. The van der Waals surface area contributed by atoms with Crippen LogP contribution < -0.4 is 5.32 Å². The zero-order chi connectivity index (χ0) is 13.4. The highest BCUT2D eigenvalue weighted by atomic mass is 32.1. The second-order valence-corrected chi connectivity index (χ2v) is 4.66. The maximum atomic E-state index is 12.8. The van der Waals surface area contributed by atoms with Crippen molar-refractivity contribution in [2.75, 3.05) is 13.1 Å². The molecule has 1 rings (SSSR count). The van der Waals surface area contributed by atoms with Crippen molar-refractivity contribution in [3.63, 3.8) is 0 Å². The number of benzene rings is 1. The lowest BCUT2D eigenvalue weighted by atomic mass is 10.2. The first-order valence-electron chi connectivity index (χ1n) is 6.44. The predicted octanol–water partition coefficient (Wildman–Crippen LogP) is 3.32. The highest BCUT2D eigenvalue weighted by molar-refractivity contribution is 7.80. The fraction of sp³-hybridized carbons (Fsp3) is 0.500. The van der Waals surface area contributed by atoms with E-state index in [1.54, 1.807) is 12.1 Å². The van der Waals surface area contributed by atoms with Crippen LogP contribution in [0, 0.1) is 5.82 Å². The van der Waals surface area contributed by atoms with Gasteiger partial charge in [0.15, 0.2) is 5.11 Å². The van der Waals surface area contributed by atoms with Gasteiger partial charge in [0.05, 0.1) is 0 Å². The zero-order valence-corrected chi connectivity index (χ0v) is 11.9. The first kappa shape index (κ1) is 14.9. The van der Waals surface area contributed by atoms with Gasteiger partial charge in [0.1, 0.15) is 5.82 Å². The molecule has 0 aliphatic heterocycles. The van der Waals surface area contributed by atoms with E-state index in [4.69, 9.17) is 12.2 Å². The molecule has 0 unspecified atom stereocenters. The second kappa shape index (κ2) is 8.03. The van der Waals surface area contributed by atoms with E-state index in [9.17, 15) is 4.39 Å². The Morgan fingerprint density at radius 3 is 2.22 bits per heavy atom. The van der Waals surface area contributed by atoms with Gasteiger partial charge in [0.25, 0.3) is 0 Å². The average molecular weight is 268 g/mol. The largest absolute Gasteiger partial charge is 0.358 e.